The third-order valence-corrected chi connectivity index (χ3v) is 6.06. The van der Waals surface area contributed by atoms with Gasteiger partial charge in [0, 0.05) is 47.6 Å². The molecule has 0 saturated heterocycles. The zero-order valence-corrected chi connectivity index (χ0v) is 19.9. The van der Waals surface area contributed by atoms with E-state index in [4.69, 9.17) is 21.1 Å². The minimum Gasteiger partial charge on any atom is -0.496 e. The molecule has 0 amide bonds. The maximum atomic E-state index is 6.63. The topological polar surface area (TPSA) is 97.8 Å². The van der Waals surface area contributed by atoms with E-state index in [-0.39, 0.29) is 5.92 Å². The summed E-state index contributed by atoms with van der Waals surface area (Å²) in [5.74, 6) is 1.73. The summed E-state index contributed by atoms with van der Waals surface area (Å²) in [6.07, 6.45) is 5.67. The van der Waals surface area contributed by atoms with Gasteiger partial charge in [0.05, 0.1) is 20.0 Å². The molecule has 3 heterocycles. The van der Waals surface area contributed by atoms with Gasteiger partial charge in [-0.05, 0) is 36.6 Å². The molecule has 8 nitrogen and oxygen atoms in total. The summed E-state index contributed by atoms with van der Waals surface area (Å²) in [6.45, 7) is 5.35. The fraction of sp³-hybridized carbons (Fsp3) is 0.333. The molecule has 0 spiro atoms. The molecule has 0 bridgehead atoms. The number of hydrogen-bond acceptors (Lipinski definition) is 7. The van der Waals surface area contributed by atoms with Crippen LogP contribution in [0.3, 0.4) is 0 Å². The fourth-order valence-corrected chi connectivity index (χ4v) is 4.16. The minimum atomic E-state index is 0.219. The van der Waals surface area contributed by atoms with Gasteiger partial charge in [-0.15, -0.1) is 0 Å². The van der Waals surface area contributed by atoms with Crippen LogP contribution in [0.15, 0.2) is 37.1 Å². The van der Waals surface area contributed by atoms with Gasteiger partial charge in [0.25, 0.3) is 0 Å². The first-order chi connectivity index (χ1) is 16.0. The van der Waals surface area contributed by atoms with Crippen LogP contribution >= 0.6 is 11.6 Å². The lowest BCUT2D eigenvalue weighted by Crippen LogP contribution is -2.09. The molecule has 0 fully saturated rings. The van der Waals surface area contributed by atoms with Gasteiger partial charge in [-0.2, -0.15) is 0 Å². The van der Waals surface area contributed by atoms with E-state index in [0.29, 0.717) is 36.1 Å². The van der Waals surface area contributed by atoms with Crippen LogP contribution in [0.2, 0.25) is 5.02 Å². The Morgan fingerprint density at radius 1 is 1.15 bits per heavy atom. The Morgan fingerprint density at radius 2 is 2.00 bits per heavy atom. The molecule has 0 aliphatic heterocycles. The highest BCUT2D eigenvalue weighted by Gasteiger charge is 2.18. The molecule has 0 aliphatic rings. The summed E-state index contributed by atoms with van der Waals surface area (Å²) >= 11 is 6.63. The number of hydrogen-bond donors (Lipinski definition) is 2. The van der Waals surface area contributed by atoms with Crippen molar-refractivity contribution < 1.29 is 9.47 Å². The van der Waals surface area contributed by atoms with Gasteiger partial charge in [0.1, 0.15) is 17.6 Å². The van der Waals surface area contributed by atoms with Crippen LogP contribution in [0.25, 0.3) is 22.3 Å². The van der Waals surface area contributed by atoms with Crippen LogP contribution < -0.4 is 10.1 Å². The van der Waals surface area contributed by atoms with E-state index < -0.39 is 0 Å². The number of anilines is 1. The molecule has 2 N–H and O–H groups in total. The lowest BCUT2D eigenvalue weighted by molar-refractivity contribution is 0.183. The summed E-state index contributed by atoms with van der Waals surface area (Å²) in [7, 11) is 3.38. The lowest BCUT2D eigenvalue weighted by Gasteiger charge is -2.19. The molecule has 1 aromatic carbocycles. The molecule has 0 aliphatic carbocycles. The number of rotatable bonds is 9. The Bertz CT molecular complexity index is 1240. The Balaban J connectivity index is 1.60. The summed E-state index contributed by atoms with van der Waals surface area (Å²) in [6, 6.07) is 6.06. The highest BCUT2D eigenvalue weighted by atomic mass is 35.5. The Kier molecular flexibility index (Phi) is 7.05. The first-order valence-electron chi connectivity index (χ1n) is 10.7. The average molecular weight is 467 g/mol. The van der Waals surface area contributed by atoms with E-state index in [1.165, 1.54) is 6.33 Å². The SMILES string of the molecule is COCC(C)c1ccc(-c2c(C)c(Cl)cc(CCNc3ncnc4nc[nH]c34)c2OC)cn1. The van der Waals surface area contributed by atoms with Crippen molar-refractivity contribution in [1.82, 2.24) is 24.9 Å². The molecular formula is C24H27ClN6O2. The molecule has 4 rings (SSSR count). The molecule has 172 valence electrons. The Morgan fingerprint density at radius 3 is 2.73 bits per heavy atom. The van der Waals surface area contributed by atoms with Crippen molar-refractivity contribution in [2.45, 2.75) is 26.2 Å². The quantitative estimate of drug-likeness (QED) is 0.366. The lowest BCUT2D eigenvalue weighted by atomic mass is 9.95. The number of halogens is 1. The number of fused-ring (bicyclic) bond motifs is 1. The molecule has 9 heteroatoms. The predicted molar refractivity (Wildman–Crippen MR) is 130 cm³/mol. The number of nitrogens with zero attached hydrogens (tertiary/aromatic N) is 4. The minimum absolute atomic E-state index is 0.219. The number of imidazole rings is 1. The maximum absolute atomic E-state index is 6.63. The van der Waals surface area contributed by atoms with Crippen molar-refractivity contribution in [3.63, 3.8) is 0 Å². The summed E-state index contributed by atoms with van der Waals surface area (Å²) in [4.78, 5) is 20.4. The van der Waals surface area contributed by atoms with Crippen molar-refractivity contribution in [2.75, 3.05) is 32.7 Å². The van der Waals surface area contributed by atoms with Crippen molar-refractivity contribution >= 4 is 28.6 Å². The molecule has 0 saturated carbocycles. The Hall–Kier alpha value is -3.23. The van der Waals surface area contributed by atoms with Gasteiger partial charge in [-0.3, -0.25) is 4.98 Å². The van der Waals surface area contributed by atoms with E-state index in [1.54, 1.807) is 20.5 Å². The second-order valence-corrected chi connectivity index (χ2v) is 8.29. The number of nitrogens with one attached hydrogen (secondary N) is 2. The van der Waals surface area contributed by atoms with Crippen LogP contribution in [0.5, 0.6) is 5.75 Å². The summed E-state index contributed by atoms with van der Waals surface area (Å²) in [5, 5.41) is 4.04. The second-order valence-electron chi connectivity index (χ2n) is 7.88. The monoisotopic (exact) mass is 466 g/mol. The normalized spacial score (nSPS) is 12.2. The van der Waals surface area contributed by atoms with E-state index >= 15 is 0 Å². The highest BCUT2D eigenvalue weighted by molar-refractivity contribution is 6.32. The van der Waals surface area contributed by atoms with E-state index in [9.17, 15) is 0 Å². The van der Waals surface area contributed by atoms with Crippen molar-refractivity contribution in [3.05, 3.63) is 58.9 Å². The van der Waals surface area contributed by atoms with Crippen molar-refractivity contribution in [3.8, 4) is 16.9 Å². The number of methoxy groups -OCH3 is 2. The third-order valence-electron chi connectivity index (χ3n) is 5.66. The molecule has 3 aromatic heterocycles. The largest absolute Gasteiger partial charge is 0.496 e. The zero-order valence-electron chi connectivity index (χ0n) is 19.1. The van der Waals surface area contributed by atoms with Gasteiger partial charge in [0.2, 0.25) is 0 Å². The van der Waals surface area contributed by atoms with Gasteiger partial charge in [0.15, 0.2) is 11.5 Å². The van der Waals surface area contributed by atoms with Gasteiger partial charge in [-0.1, -0.05) is 24.6 Å². The smallest absolute Gasteiger partial charge is 0.182 e. The van der Waals surface area contributed by atoms with Crippen LogP contribution in [-0.4, -0.2) is 52.3 Å². The van der Waals surface area contributed by atoms with Crippen LogP contribution in [0.4, 0.5) is 5.82 Å². The van der Waals surface area contributed by atoms with Crippen LogP contribution in [0.1, 0.15) is 29.7 Å². The number of pyridine rings is 1. The zero-order chi connectivity index (χ0) is 23.4. The van der Waals surface area contributed by atoms with E-state index in [0.717, 1.165) is 39.2 Å². The number of aromatic nitrogens is 5. The van der Waals surface area contributed by atoms with Crippen molar-refractivity contribution in [1.29, 1.82) is 0 Å². The predicted octanol–water partition coefficient (Wildman–Crippen LogP) is 4.79. The number of ether oxygens (including phenoxy) is 2. The first kappa shape index (κ1) is 22.9. The molecule has 0 radical (unpaired) electrons. The number of aromatic amines is 1. The van der Waals surface area contributed by atoms with Gasteiger partial charge in [-0.25, -0.2) is 15.0 Å². The third kappa shape index (κ3) is 4.77. The molecular weight excluding hydrogens is 440 g/mol. The molecule has 33 heavy (non-hydrogen) atoms. The Labute approximate surface area is 197 Å². The second kappa shape index (κ2) is 10.1. The van der Waals surface area contributed by atoms with Gasteiger partial charge >= 0.3 is 0 Å². The number of H-pyrrole nitrogens is 1. The molecule has 1 unspecified atom stereocenters. The van der Waals surface area contributed by atoms with Crippen LogP contribution in [0, 0.1) is 6.92 Å². The van der Waals surface area contributed by atoms with Crippen molar-refractivity contribution in [2.24, 2.45) is 0 Å². The highest BCUT2D eigenvalue weighted by Crippen LogP contribution is 2.40. The summed E-state index contributed by atoms with van der Waals surface area (Å²) < 4.78 is 11.1. The van der Waals surface area contributed by atoms with E-state index in [1.807, 2.05) is 25.3 Å². The fourth-order valence-electron chi connectivity index (χ4n) is 3.94. The van der Waals surface area contributed by atoms with Crippen LogP contribution in [-0.2, 0) is 11.2 Å². The first-order valence-corrected chi connectivity index (χ1v) is 11.1. The maximum Gasteiger partial charge on any atom is 0.182 e. The van der Waals surface area contributed by atoms with E-state index in [2.05, 4.69) is 43.2 Å². The average Bonchev–Trinajstić information content (AvgIpc) is 3.31. The molecule has 1 atom stereocenters. The molecule has 4 aromatic rings. The summed E-state index contributed by atoms with van der Waals surface area (Å²) in [5.41, 5.74) is 6.27. The standard InChI is InChI=1S/C24H27ClN6O2/c1-14(11-32-3)19-6-5-17(10-27-19)20-15(2)18(25)9-16(22(20)33-4)7-8-26-23-21-24(29-12-28-21)31-13-30-23/h5-6,9-10,12-14H,7-8,11H2,1-4H3,(H2,26,28,29,30,31). The van der Waals surface area contributed by atoms with Gasteiger partial charge < -0.3 is 19.8 Å². The number of benzene rings is 1.